The molecule has 4 heterocycles. The van der Waals surface area contributed by atoms with Gasteiger partial charge in [-0.05, 0) is 28.8 Å². The van der Waals surface area contributed by atoms with Crippen LogP contribution in [0.25, 0.3) is 5.78 Å². The van der Waals surface area contributed by atoms with Gasteiger partial charge in [0.15, 0.2) is 5.69 Å². The van der Waals surface area contributed by atoms with Gasteiger partial charge in [0.1, 0.15) is 12.1 Å². The quantitative estimate of drug-likeness (QED) is 0.679. The summed E-state index contributed by atoms with van der Waals surface area (Å²) in [4.78, 5) is 25.5. The van der Waals surface area contributed by atoms with E-state index in [4.69, 9.17) is 0 Å². The second-order valence-electron chi connectivity index (χ2n) is 6.96. The van der Waals surface area contributed by atoms with E-state index in [0.717, 1.165) is 21.7 Å². The zero-order valence-electron chi connectivity index (χ0n) is 15.5. The first-order chi connectivity index (χ1) is 13.0. The van der Waals surface area contributed by atoms with Gasteiger partial charge in [0.25, 0.3) is 11.7 Å². The minimum Gasteiger partial charge on any atom is -0.353 e. The van der Waals surface area contributed by atoms with Gasteiger partial charge >= 0.3 is 0 Å². The zero-order valence-corrected chi connectivity index (χ0v) is 17.1. The number of rotatable bonds is 3. The van der Waals surface area contributed by atoms with E-state index in [2.05, 4.69) is 59.9 Å². The van der Waals surface area contributed by atoms with Crippen LogP contribution in [0.4, 0.5) is 5.82 Å². The van der Waals surface area contributed by atoms with E-state index in [1.165, 1.54) is 6.33 Å². The average Bonchev–Trinajstić information content (AvgIpc) is 3.27. The molecule has 0 bridgehead atoms. The topological polar surface area (TPSA) is 95.3 Å². The van der Waals surface area contributed by atoms with Crippen LogP contribution in [0.1, 0.15) is 41.6 Å². The number of H-pyrrole nitrogens is 1. The normalized spacial score (nSPS) is 15.1. The summed E-state index contributed by atoms with van der Waals surface area (Å²) in [6, 6.07) is 2.00. The van der Waals surface area contributed by atoms with Crippen molar-refractivity contribution in [2.45, 2.75) is 26.7 Å². The molecule has 0 spiro atoms. The predicted octanol–water partition coefficient (Wildman–Crippen LogP) is 2.00. The van der Waals surface area contributed by atoms with E-state index in [-0.39, 0.29) is 11.8 Å². The Kier molecular flexibility index (Phi) is 4.58. The van der Waals surface area contributed by atoms with Crippen molar-refractivity contribution in [3.63, 3.8) is 0 Å². The number of fused-ring (bicyclic) bond motifs is 1. The van der Waals surface area contributed by atoms with Crippen molar-refractivity contribution in [1.82, 2.24) is 34.7 Å². The van der Waals surface area contributed by atoms with E-state index in [0.29, 0.717) is 37.7 Å². The van der Waals surface area contributed by atoms with Gasteiger partial charge in [-0.25, -0.2) is 4.98 Å². The summed E-state index contributed by atoms with van der Waals surface area (Å²) >= 11 is 3.52. The Morgan fingerprint density at radius 2 is 2.00 bits per heavy atom. The van der Waals surface area contributed by atoms with Crippen molar-refractivity contribution in [1.29, 1.82) is 0 Å². The molecule has 27 heavy (non-hydrogen) atoms. The summed E-state index contributed by atoms with van der Waals surface area (Å²) in [5, 5.41) is 11.5. The van der Waals surface area contributed by atoms with E-state index in [1.807, 2.05) is 17.9 Å². The number of carbonyl (C=O) groups is 1. The predicted molar refractivity (Wildman–Crippen MR) is 104 cm³/mol. The van der Waals surface area contributed by atoms with E-state index < -0.39 is 0 Å². The van der Waals surface area contributed by atoms with Crippen molar-refractivity contribution in [2.24, 2.45) is 0 Å². The molecule has 4 rings (SSSR count). The molecular weight excluding hydrogens is 412 g/mol. The SMILES string of the molecule is Cc1cc(N2CCN(C(=O)c3n[nH]c(C(C)C)c3Br)CC2)n2ncnc2n1. The second-order valence-corrected chi connectivity index (χ2v) is 7.75. The zero-order chi connectivity index (χ0) is 19.1. The number of nitrogens with one attached hydrogen (secondary N) is 1. The summed E-state index contributed by atoms with van der Waals surface area (Å²) in [5.41, 5.74) is 2.29. The van der Waals surface area contributed by atoms with Crippen LogP contribution in [-0.4, -0.2) is 66.8 Å². The Bertz CT molecular complexity index is 986. The molecule has 1 aliphatic rings. The molecule has 1 N–H and O–H groups in total. The Morgan fingerprint density at radius 1 is 1.26 bits per heavy atom. The summed E-state index contributed by atoms with van der Waals surface area (Å²) in [7, 11) is 0. The summed E-state index contributed by atoms with van der Waals surface area (Å²) < 4.78 is 2.50. The van der Waals surface area contributed by atoms with Crippen LogP contribution in [0.2, 0.25) is 0 Å². The van der Waals surface area contributed by atoms with Crippen LogP contribution in [0.5, 0.6) is 0 Å². The number of hydrogen-bond acceptors (Lipinski definition) is 6. The maximum absolute atomic E-state index is 12.9. The Hall–Kier alpha value is -2.49. The van der Waals surface area contributed by atoms with Crippen molar-refractivity contribution >= 4 is 33.4 Å². The molecule has 0 atom stereocenters. The first-order valence-electron chi connectivity index (χ1n) is 8.91. The Morgan fingerprint density at radius 3 is 2.67 bits per heavy atom. The highest BCUT2D eigenvalue weighted by Gasteiger charge is 2.28. The van der Waals surface area contributed by atoms with Gasteiger partial charge in [0.2, 0.25) is 0 Å². The lowest BCUT2D eigenvalue weighted by Gasteiger charge is -2.35. The number of nitrogens with zero attached hydrogens (tertiary/aromatic N) is 7. The van der Waals surface area contributed by atoms with Gasteiger partial charge in [-0.1, -0.05) is 13.8 Å². The number of anilines is 1. The maximum Gasteiger partial charge on any atom is 0.275 e. The summed E-state index contributed by atoms with van der Waals surface area (Å²) in [6.07, 6.45) is 1.51. The number of carbonyl (C=O) groups excluding carboxylic acids is 1. The van der Waals surface area contributed by atoms with Gasteiger partial charge in [-0.2, -0.15) is 19.7 Å². The number of aryl methyl sites for hydroxylation is 1. The number of piperazine rings is 1. The second kappa shape index (κ2) is 6.91. The highest BCUT2D eigenvalue weighted by molar-refractivity contribution is 9.10. The molecule has 0 aromatic carbocycles. The number of amides is 1. The van der Waals surface area contributed by atoms with E-state index >= 15 is 0 Å². The number of halogens is 1. The molecule has 1 aliphatic heterocycles. The van der Waals surface area contributed by atoms with E-state index in [1.54, 1.807) is 4.52 Å². The summed E-state index contributed by atoms with van der Waals surface area (Å²) in [5.74, 6) is 1.75. The smallest absolute Gasteiger partial charge is 0.275 e. The van der Waals surface area contributed by atoms with Crippen LogP contribution in [-0.2, 0) is 0 Å². The van der Waals surface area contributed by atoms with Crippen LogP contribution in [0.3, 0.4) is 0 Å². The third kappa shape index (κ3) is 3.18. The van der Waals surface area contributed by atoms with Gasteiger partial charge < -0.3 is 9.80 Å². The third-order valence-corrected chi connectivity index (χ3v) is 5.57. The fraction of sp³-hybridized carbons (Fsp3) is 0.471. The monoisotopic (exact) mass is 432 g/mol. The standard InChI is InChI=1S/C17H21BrN8O/c1-10(2)14-13(18)15(23-22-14)16(27)25-6-4-24(5-7-25)12-8-11(3)21-17-19-9-20-26(12)17/h8-10H,4-7H2,1-3H3,(H,22,23). The van der Waals surface area contributed by atoms with Gasteiger partial charge in [-0.3, -0.25) is 9.89 Å². The van der Waals surface area contributed by atoms with Crippen molar-refractivity contribution in [2.75, 3.05) is 31.1 Å². The number of hydrogen-bond donors (Lipinski definition) is 1. The molecule has 3 aromatic rings. The average molecular weight is 433 g/mol. The molecule has 0 unspecified atom stereocenters. The Balaban J connectivity index is 1.50. The lowest BCUT2D eigenvalue weighted by atomic mass is 10.1. The summed E-state index contributed by atoms with van der Waals surface area (Å²) in [6.45, 7) is 8.73. The molecule has 1 fully saturated rings. The first kappa shape index (κ1) is 17.9. The first-order valence-corrected chi connectivity index (χ1v) is 9.70. The number of aromatic nitrogens is 6. The molecule has 1 amide bonds. The van der Waals surface area contributed by atoms with Gasteiger partial charge in [0, 0.05) is 37.9 Å². The van der Waals surface area contributed by atoms with Crippen LogP contribution < -0.4 is 4.90 Å². The maximum atomic E-state index is 12.9. The minimum absolute atomic E-state index is 0.0542. The lowest BCUT2D eigenvalue weighted by Crippen LogP contribution is -2.49. The van der Waals surface area contributed by atoms with E-state index in [9.17, 15) is 4.79 Å². The largest absolute Gasteiger partial charge is 0.353 e. The fourth-order valence-electron chi connectivity index (χ4n) is 3.29. The van der Waals surface area contributed by atoms with Crippen molar-refractivity contribution < 1.29 is 4.79 Å². The van der Waals surface area contributed by atoms with Crippen molar-refractivity contribution in [3.8, 4) is 0 Å². The van der Waals surface area contributed by atoms with Crippen molar-refractivity contribution in [3.05, 3.63) is 33.9 Å². The highest BCUT2D eigenvalue weighted by atomic mass is 79.9. The minimum atomic E-state index is -0.0542. The molecule has 0 radical (unpaired) electrons. The molecule has 142 valence electrons. The fourth-order valence-corrected chi connectivity index (χ4v) is 4.10. The van der Waals surface area contributed by atoms with Crippen LogP contribution in [0, 0.1) is 6.92 Å². The molecular formula is C17H21BrN8O. The molecule has 9 nitrogen and oxygen atoms in total. The number of aromatic amines is 1. The molecule has 10 heteroatoms. The van der Waals surface area contributed by atoms with Gasteiger partial charge in [-0.15, -0.1) is 0 Å². The molecule has 3 aromatic heterocycles. The molecule has 0 saturated carbocycles. The third-order valence-electron chi connectivity index (χ3n) is 4.76. The van der Waals surface area contributed by atoms with Crippen LogP contribution in [0.15, 0.2) is 16.9 Å². The molecule has 0 aliphatic carbocycles. The van der Waals surface area contributed by atoms with Gasteiger partial charge in [0.05, 0.1) is 10.2 Å². The highest BCUT2D eigenvalue weighted by Crippen LogP contribution is 2.27. The molecule has 1 saturated heterocycles. The lowest BCUT2D eigenvalue weighted by molar-refractivity contribution is 0.0739. The Labute approximate surface area is 164 Å². The van der Waals surface area contributed by atoms with Crippen LogP contribution >= 0.6 is 15.9 Å².